The van der Waals surface area contributed by atoms with Crippen LogP contribution in [0.5, 0.6) is 0 Å². The van der Waals surface area contributed by atoms with E-state index in [0.717, 1.165) is 64.6 Å². The van der Waals surface area contributed by atoms with E-state index in [4.69, 9.17) is 4.74 Å². The van der Waals surface area contributed by atoms with Crippen molar-refractivity contribution in [2.24, 2.45) is 4.99 Å². The summed E-state index contributed by atoms with van der Waals surface area (Å²) in [7, 11) is 0. The maximum atomic E-state index is 11.7. The number of amides is 1. The molecule has 0 spiro atoms. The van der Waals surface area contributed by atoms with Crippen molar-refractivity contribution in [2.75, 3.05) is 52.4 Å². The highest BCUT2D eigenvalue weighted by atomic mass is 127. The van der Waals surface area contributed by atoms with Gasteiger partial charge in [0.2, 0.25) is 0 Å². The van der Waals surface area contributed by atoms with Crippen molar-refractivity contribution in [1.29, 1.82) is 0 Å². The zero-order chi connectivity index (χ0) is 17.8. The zero-order valence-corrected chi connectivity index (χ0v) is 18.5. The maximum Gasteiger partial charge on any atom is 0.409 e. The third-order valence-electron chi connectivity index (χ3n) is 4.29. The Hall–Kier alpha value is -0.770. The molecule has 0 aliphatic carbocycles. The van der Waals surface area contributed by atoms with E-state index in [1.54, 1.807) is 4.90 Å². The fraction of sp³-hybridized carbons (Fsp3) is 0.882. The van der Waals surface area contributed by atoms with Gasteiger partial charge in [-0.2, -0.15) is 0 Å². The summed E-state index contributed by atoms with van der Waals surface area (Å²) < 4.78 is 5.06. The SMILES string of the molecule is CCNC(=NCCN(CC)CC)NC1CCN(C(=O)OCC)CC1.I. The molecule has 0 unspecified atom stereocenters. The largest absolute Gasteiger partial charge is 0.450 e. The van der Waals surface area contributed by atoms with Crippen molar-refractivity contribution in [3.05, 3.63) is 0 Å². The number of nitrogens with one attached hydrogen (secondary N) is 2. The molecule has 2 N–H and O–H groups in total. The number of nitrogens with zero attached hydrogens (tertiary/aromatic N) is 3. The van der Waals surface area contributed by atoms with Gasteiger partial charge in [0.1, 0.15) is 0 Å². The topological polar surface area (TPSA) is 69.2 Å². The van der Waals surface area contributed by atoms with Gasteiger partial charge in [-0.05, 0) is 39.8 Å². The second-order valence-corrected chi connectivity index (χ2v) is 5.89. The minimum absolute atomic E-state index is 0. The van der Waals surface area contributed by atoms with Crippen LogP contribution in [0.25, 0.3) is 0 Å². The molecule has 0 radical (unpaired) electrons. The van der Waals surface area contributed by atoms with Gasteiger partial charge in [-0.1, -0.05) is 13.8 Å². The van der Waals surface area contributed by atoms with Crippen LogP contribution in [0.15, 0.2) is 4.99 Å². The summed E-state index contributed by atoms with van der Waals surface area (Å²) in [6, 6.07) is 0.349. The zero-order valence-electron chi connectivity index (χ0n) is 16.2. The molecule has 0 atom stereocenters. The molecule has 148 valence electrons. The number of rotatable bonds is 8. The normalized spacial score (nSPS) is 15.7. The first-order valence-electron chi connectivity index (χ1n) is 9.33. The van der Waals surface area contributed by atoms with Gasteiger partial charge in [0.25, 0.3) is 0 Å². The van der Waals surface area contributed by atoms with E-state index in [9.17, 15) is 4.79 Å². The third-order valence-corrected chi connectivity index (χ3v) is 4.29. The van der Waals surface area contributed by atoms with Gasteiger partial charge in [0, 0.05) is 32.2 Å². The number of carbonyl (C=O) groups excluding carboxylic acids is 1. The molecule has 1 heterocycles. The van der Waals surface area contributed by atoms with Crippen LogP contribution in [0.2, 0.25) is 0 Å². The summed E-state index contributed by atoms with van der Waals surface area (Å²) >= 11 is 0. The van der Waals surface area contributed by atoms with Gasteiger partial charge in [-0.15, -0.1) is 24.0 Å². The van der Waals surface area contributed by atoms with E-state index in [-0.39, 0.29) is 30.1 Å². The van der Waals surface area contributed by atoms with Gasteiger partial charge < -0.3 is 25.2 Å². The van der Waals surface area contributed by atoms with E-state index in [1.807, 2.05) is 6.92 Å². The predicted molar refractivity (Wildman–Crippen MR) is 114 cm³/mol. The molecule has 1 aliphatic rings. The summed E-state index contributed by atoms with van der Waals surface area (Å²) in [4.78, 5) is 20.6. The van der Waals surface area contributed by atoms with E-state index in [0.29, 0.717) is 12.6 Å². The number of likely N-dealkylation sites (tertiary alicyclic amines) is 1. The summed E-state index contributed by atoms with van der Waals surface area (Å²) in [5.41, 5.74) is 0. The van der Waals surface area contributed by atoms with E-state index in [1.165, 1.54) is 0 Å². The first-order valence-corrected chi connectivity index (χ1v) is 9.33. The molecular weight excluding hydrogens is 433 g/mol. The van der Waals surface area contributed by atoms with Crippen molar-refractivity contribution >= 4 is 36.0 Å². The average molecular weight is 469 g/mol. The Bertz CT molecular complexity index is 383. The Balaban J connectivity index is 0.00000576. The number of aliphatic imine (C=N–C) groups is 1. The van der Waals surface area contributed by atoms with Crippen molar-refractivity contribution in [1.82, 2.24) is 20.4 Å². The van der Waals surface area contributed by atoms with Crippen molar-refractivity contribution in [3.63, 3.8) is 0 Å². The molecule has 1 saturated heterocycles. The summed E-state index contributed by atoms with van der Waals surface area (Å²) in [6.07, 6.45) is 1.63. The summed E-state index contributed by atoms with van der Waals surface area (Å²) in [6.45, 7) is 14.9. The number of carbonyl (C=O) groups is 1. The average Bonchev–Trinajstić information content (AvgIpc) is 2.59. The number of likely N-dealkylation sites (N-methyl/N-ethyl adjacent to an activating group) is 1. The third kappa shape index (κ3) is 9.48. The number of ether oxygens (including phenoxy) is 1. The van der Waals surface area contributed by atoms with Gasteiger partial charge in [0.15, 0.2) is 5.96 Å². The minimum atomic E-state index is -0.198. The van der Waals surface area contributed by atoms with Crippen LogP contribution in [0.4, 0.5) is 4.79 Å². The van der Waals surface area contributed by atoms with Crippen LogP contribution in [0, 0.1) is 0 Å². The van der Waals surface area contributed by atoms with Crippen LogP contribution in [-0.4, -0.2) is 80.3 Å². The van der Waals surface area contributed by atoms with Gasteiger partial charge in [-0.25, -0.2) is 4.79 Å². The molecular formula is C17H36IN5O2. The van der Waals surface area contributed by atoms with Gasteiger partial charge in [-0.3, -0.25) is 4.99 Å². The Morgan fingerprint density at radius 3 is 2.36 bits per heavy atom. The molecule has 0 saturated carbocycles. The molecule has 7 nitrogen and oxygen atoms in total. The second-order valence-electron chi connectivity index (χ2n) is 5.89. The summed E-state index contributed by atoms with van der Waals surface area (Å²) in [5.74, 6) is 0.874. The first kappa shape index (κ1) is 24.2. The number of piperidine rings is 1. The van der Waals surface area contributed by atoms with Crippen molar-refractivity contribution in [2.45, 2.75) is 46.6 Å². The van der Waals surface area contributed by atoms with E-state index in [2.05, 4.69) is 41.3 Å². The lowest BCUT2D eigenvalue weighted by Gasteiger charge is -2.32. The molecule has 1 rings (SSSR count). The Kier molecular flexibility index (Phi) is 14.0. The number of guanidine groups is 1. The molecule has 0 aromatic carbocycles. The molecule has 0 bridgehead atoms. The monoisotopic (exact) mass is 469 g/mol. The predicted octanol–water partition coefficient (Wildman–Crippen LogP) is 2.12. The van der Waals surface area contributed by atoms with Crippen LogP contribution < -0.4 is 10.6 Å². The van der Waals surface area contributed by atoms with Crippen LogP contribution in [0.3, 0.4) is 0 Å². The Morgan fingerprint density at radius 1 is 1.20 bits per heavy atom. The van der Waals surface area contributed by atoms with Crippen LogP contribution in [0.1, 0.15) is 40.5 Å². The molecule has 0 aromatic heterocycles. The molecule has 0 aromatic rings. The summed E-state index contributed by atoms with van der Waals surface area (Å²) in [5, 5.41) is 6.81. The smallest absolute Gasteiger partial charge is 0.409 e. The number of hydrogen-bond acceptors (Lipinski definition) is 4. The fourth-order valence-electron chi connectivity index (χ4n) is 2.78. The van der Waals surface area contributed by atoms with Crippen molar-refractivity contribution in [3.8, 4) is 0 Å². The van der Waals surface area contributed by atoms with Crippen molar-refractivity contribution < 1.29 is 9.53 Å². The second kappa shape index (κ2) is 14.4. The Labute approximate surface area is 170 Å². The molecule has 8 heteroatoms. The molecule has 1 amide bonds. The highest BCUT2D eigenvalue weighted by Crippen LogP contribution is 2.11. The lowest BCUT2D eigenvalue weighted by molar-refractivity contribution is 0.0963. The Morgan fingerprint density at radius 2 is 1.84 bits per heavy atom. The first-order chi connectivity index (χ1) is 11.6. The maximum absolute atomic E-state index is 11.7. The minimum Gasteiger partial charge on any atom is -0.450 e. The molecule has 25 heavy (non-hydrogen) atoms. The lowest BCUT2D eigenvalue weighted by atomic mass is 10.1. The van der Waals surface area contributed by atoms with Gasteiger partial charge in [0.05, 0.1) is 13.2 Å². The standard InChI is InChI=1S/C17H35N5O2.HI/c1-5-18-16(19-11-14-21(6-2)7-3)20-15-9-12-22(13-10-15)17(23)24-8-4;/h15H,5-14H2,1-4H3,(H2,18,19,20);1H. The van der Waals surface area contributed by atoms with E-state index < -0.39 is 0 Å². The number of hydrogen-bond donors (Lipinski definition) is 2. The lowest BCUT2D eigenvalue weighted by Crippen LogP contribution is -2.50. The quantitative estimate of drug-likeness (QED) is 0.324. The van der Waals surface area contributed by atoms with Crippen LogP contribution >= 0.6 is 24.0 Å². The number of halogens is 1. The molecule has 1 aliphatic heterocycles. The van der Waals surface area contributed by atoms with E-state index >= 15 is 0 Å². The fourth-order valence-corrected chi connectivity index (χ4v) is 2.78. The highest BCUT2D eigenvalue weighted by Gasteiger charge is 2.23. The highest BCUT2D eigenvalue weighted by molar-refractivity contribution is 14.0. The molecule has 1 fully saturated rings. The van der Waals surface area contributed by atoms with Crippen LogP contribution in [-0.2, 0) is 4.74 Å². The van der Waals surface area contributed by atoms with Gasteiger partial charge >= 0.3 is 6.09 Å².